The molecule has 5 heteroatoms. The van der Waals surface area contributed by atoms with Gasteiger partial charge in [-0.3, -0.25) is 9.59 Å². The molecular formula is C11H9ClN2O2. The molecule has 1 aliphatic rings. The van der Waals surface area contributed by atoms with E-state index < -0.39 is 0 Å². The third-order valence-corrected chi connectivity index (χ3v) is 2.32. The molecule has 2 N–H and O–H groups in total. The van der Waals surface area contributed by atoms with Gasteiger partial charge in [0.1, 0.15) is 5.70 Å². The van der Waals surface area contributed by atoms with Gasteiger partial charge in [0.25, 0.3) is 5.91 Å². The predicted octanol–water partition coefficient (Wildman–Crippen LogP) is 0.927. The second kappa shape index (κ2) is 4.37. The number of rotatable bonds is 1. The van der Waals surface area contributed by atoms with Gasteiger partial charge in [0.2, 0.25) is 5.91 Å². The minimum absolute atomic E-state index is 0.0196. The Labute approximate surface area is 97.3 Å². The number of carbonyl (C=O) groups is 2. The molecule has 0 aliphatic carbocycles. The Balaban J connectivity index is 2.28. The molecule has 0 unspecified atom stereocenters. The van der Waals surface area contributed by atoms with E-state index in [2.05, 4.69) is 10.6 Å². The smallest absolute Gasteiger partial charge is 0.268 e. The Kier molecular flexibility index (Phi) is 2.92. The van der Waals surface area contributed by atoms with Crippen molar-refractivity contribution in [3.63, 3.8) is 0 Å². The highest BCUT2D eigenvalue weighted by molar-refractivity contribution is 6.30. The normalized spacial score (nSPS) is 18.2. The fraction of sp³-hybridized carbons (Fsp3) is 0.0909. The monoisotopic (exact) mass is 236 g/mol. The summed E-state index contributed by atoms with van der Waals surface area (Å²) in [5.74, 6) is -0.521. The number of halogens is 1. The Morgan fingerprint density at radius 3 is 2.88 bits per heavy atom. The average molecular weight is 237 g/mol. The minimum Gasteiger partial charge on any atom is -0.342 e. The SMILES string of the molecule is O=C1CNC(=O)C(=Cc2cccc(Cl)c2)N1. The zero-order chi connectivity index (χ0) is 11.5. The summed E-state index contributed by atoms with van der Waals surface area (Å²) in [4.78, 5) is 22.5. The molecule has 82 valence electrons. The summed E-state index contributed by atoms with van der Waals surface area (Å²) in [7, 11) is 0. The van der Waals surface area contributed by atoms with Crippen LogP contribution in [0.4, 0.5) is 0 Å². The van der Waals surface area contributed by atoms with Gasteiger partial charge >= 0.3 is 0 Å². The van der Waals surface area contributed by atoms with Crippen molar-refractivity contribution in [2.45, 2.75) is 0 Å². The summed E-state index contributed by atoms with van der Waals surface area (Å²) < 4.78 is 0. The predicted molar refractivity (Wildman–Crippen MR) is 60.6 cm³/mol. The van der Waals surface area contributed by atoms with E-state index in [4.69, 9.17) is 11.6 Å². The van der Waals surface area contributed by atoms with Crippen LogP contribution in [-0.4, -0.2) is 18.4 Å². The van der Waals surface area contributed by atoms with Crippen LogP contribution < -0.4 is 10.6 Å². The van der Waals surface area contributed by atoms with E-state index in [-0.39, 0.29) is 24.1 Å². The highest BCUT2D eigenvalue weighted by Crippen LogP contribution is 2.13. The first-order chi connectivity index (χ1) is 7.65. The standard InChI is InChI=1S/C11H9ClN2O2/c12-8-3-1-2-7(4-8)5-9-11(16)13-6-10(15)14-9/h1-5H,6H2,(H,13,16)(H,14,15). The fourth-order valence-corrected chi connectivity index (χ4v) is 1.57. The fourth-order valence-electron chi connectivity index (χ4n) is 1.37. The lowest BCUT2D eigenvalue weighted by Crippen LogP contribution is -2.46. The number of hydrogen-bond donors (Lipinski definition) is 2. The van der Waals surface area contributed by atoms with Gasteiger partial charge in [0.15, 0.2) is 0 Å². The third kappa shape index (κ3) is 2.41. The van der Waals surface area contributed by atoms with Crippen molar-refractivity contribution in [1.82, 2.24) is 10.6 Å². The molecule has 0 atom stereocenters. The van der Waals surface area contributed by atoms with E-state index in [1.54, 1.807) is 30.3 Å². The van der Waals surface area contributed by atoms with Gasteiger partial charge in [-0.15, -0.1) is 0 Å². The van der Waals surface area contributed by atoms with Gasteiger partial charge in [0, 0.05) is 5.02 Å². The molecule has 1 saturated heterocycles. The van der Waals surface area contributed by atoms with E-state index in [1.807, 2.05) is 0 Å². The number of nitrogens with one attached hydrogen (secondary N) is 2. The van der Waals surface area contributed by atoms with Crippen LogP contribution >= 0.6 is 11.6 Å². The zero-order valence-corrected chi connectivity index (χ0v) is 9.04. The van der Waals surface area contributed by atoms with Crippen molar-refractivity contribution in [1.29, 1.82) is 0 Å². The Morgan fingerprint density at radius 2 is 2.12 bits per heavy atom. The summed E-state index contributed by atoms with van der Waals surface area (Å²) >= 11 is 5.81. The van der Waals surface area contributed by atoms with Crippen molar-refractivity contribution in [2.75, 3.05) is 6.54 Å². The zero-order valence-electron chi connectivity index (χ0n) is 8.29. The molecule has 1 fully saturated rings. The van der Waals surface area contributed by atoms with Gasteiger partial charge in [-0.1, -0.05) is 23.7 Å². The molecule has 2 rings (SSSR count). The highest BCUT2D eigenvalue weighted by Gasteiger charge is 2.18. The maximum absolute atomic E-state index is 11.4. The van der Waals surface area contributed by atoms with Crippen molar-refractivity contribution < 1.29 is 9.59 Å². The molecule has 1 aromatic carbocycles. The summed E-state index contributed by atoms with van der Waals surface area (Å²) in [6, 6.07) is 7.02. The molecule has 0 spiro atoms. The van der Waals surface area contributed by atoms with Crippen molar-refractivity contribution in [3.8, 4) is 0 Å². The van der Waals surface area contributed by atoms with Gasteiger partial charge in [-0.05, 0) is 23.8 Å². The molecule has 1 heterocycles. The van der Waals surface area contributed by atoms with Crippen LogP contribution in [0.1, 0.15) is 5.56 Å². The Hall–Kier alpha value is -1.81. The number of carbonyl (C=O) groups excluding carboxylic acids is 2. The molecule has 16 heavy (non-hydrogen) atoms. The van der Waals surface area contributed by atoms with Crippen molar-refractivity contribution in [2.24, 2.45) is 0 Å². The highest BCUT2D eigenvalue weighted by atomic mass is 35.5. The Bertz CT molecular complexity index is 483. The maximum Gasteiger partial charge on any atom is 0.268 e. The quantitative estimate of drug-likeness (QED) is 0.713. The lowest BCUT2D eigenvalue weighted by molar-refractivity contribution is -0.127. The number of piperazine rings is 1. The van der Waals surface area contributed by atoms with E-state index in [0.717, 1.165) is 5.56 Å². The van der Waals surface area contributed by atoms with E-state index in [0.29, 0.717) is 5.02 Å². The summed E-state index contributed by atoms with van der Waals surface area (Å²) in [5.41, 5.74) is 0.998. The van der Waals surface area contributed by atoms with E-state index in [1.165, 1.54) is 0 Å². The topological polar surface area (TPSA) is 58.2 Å². The van der Waals surface area contributed by atoms with E-state index in [9.17, 15) is 9.59 Å². The first-order valence-corrected chi connectivity index (χ1v) is 5.08. The second-order valence-electron chi connectivity index (χ2n) is 3.34. The Morgan fingerprint density at radius 1 is 1.31 bits per heavy atom. The van der Waals surface area contributed by atoms with Crippen molar-refractivity contribution in [3.05, 3.63) is 40.5 Å². The third-order valence-electron chi connectivity index (χ3n) is 2.09. The van der Waals surface area contributed by atoms with Gasteiger partial charge in [-0.2, -0.15) is 0 Å². The second-order valence-corrected chi connectivity index (χ2v) is 3.78. The molecule has 1 aromatic rings. The van der Waals surface area contributed by atoms with Crippen LogP contribution in [0.15, 0.2) is 30.0 Å². The summed E-state index contributed by atoms with van der Waals surface area (Å²) in [5, 5.41) is 5.55. The molecule has 1 aliphatic heterocycles. The van der Waals surface area contributed by atoms with Gasteiger partial charge < -0.3 is 10.6 Å². The molecule has 0 bridgehead atoms. The van der Waals surface area contributed by atoms with Crippen LogP contribution in [0.2, 0.25) is 5.02 Å². The van der Waals surface area contributed by atoms with Gasteiger partial charge in [-0.25, -0.2) is 0 Å². The first kappa shape index (κ1) is 10.7. The molecule has 0 aromatic heterocycles. The van der Waals surface area contributed by atoms with Crippen molar-refractivity contribution >= 4 is 29.5 Å². The number of hydrogen-bond acceptors (Lipinski definition) is 2. The molecule has 4 nitrogen and oxygen atoms in total. The largest absolute Gasteiger partial charge is 0.342 e. The molecule has 0 radical (unpaired) electrons. The molecule has 0 saturated carbocycles. The number of benzene rings is 1. The number of amides is 2. The summed E-state index contributed by atoms with van der Waals surface area (Å²) in [6.07, 6.45) is 1.58. The maximum atomic E-state index is 11.4. The lowest BCUT2D eigenvalue weighted by atomic mass is 10.1. The minimum atomic E-state index is -0.292. The van der Waals surface area contributed by atoms with Crippen LogP contribution in [0.5, 0.6) is 0 Å². The summed E-state index contributed by atoms with van der Waals surface area (Å²) in [6.45, 7) is 0.0196. The van der Waals surface area contributed by atoms with E-state index >= 15 is 0 Å². The van der Waals surface area contributed by atoms with Crippen LogP contribution in [-0.2, 0) is 9.59 Å². The molecular weight excluding hydrogens is 228 g/mol. The van der Waals surface area contributed by atoms with Crippen LogP contribution in [0.3, 0.4) is 0 Å². The van der Waals surface area contributed by atoms with Crippen LogP contribution in [0, 0.1) is 0 Å². The average Bonchev–Trinajstić information content (AvgIpc) is 2.24. The van der Waals surface area contributed by atoms with Crippen LogP contribution in [0.25, 0.3) is 6.08 Å². The lowest BCUT2D eigenvalue weighted by Gasteiger charge is -2.15. The first-order valence-electron chi connectivity index (χ1n) is 4.70. The molecule has 2 amide bonds. The van der Waals surface area contributed by atoms with Gasteiger partial charge in [0.05, 0.1) is 6.54 Å².